The number of amides is 1. The van der Waals surface area contributed by atoms with Crippen LogP contribution in [0.25, 0.3) is 0 Å². The molecule has 0 radical (unpaired) electrons. The minimum atomic E-state index is -3.60. The molecule has 2 aromatic carbocycles. The van der Waals surface area contributed by atoms with Crippen LogP contribution >= 0.6 is 15.9 Å². The molecule has 1 amide bonds. The van der Waals surface area contributed by atoms with Crippen LogP contribution in [0.15, 0.2) is 53.0 Å². The molecular weight excluding hydrogens is 456 g/mol. The van der Waals surface area contributed by atoms with Crippen LogP contribution < -0.4 is 14.4 Å². The summed E-state index contributed by atoms with van der Waals surface area (Å²) in [4.78, 5) is 12.2. The number of carbonyl (C=O) groups is 1. The molecule has 0 heterocycles. The van der Waals surface area contributed by atoms with Gasteiger partial charge in [-0.05, 0) is 41.3 Å². The van der Waals surface area contributed by atoms with E-state index < -0.39 is 15.9 Å². The summed E-state index contributed by atoms with van der Waals surface area (Å²) in [5, 5.41) is 2.69. The number of hydrogen-bond acceptors (Lipinski definition) is 4. The van der Waals surface area contributed by atoms with Crippen molar-refractivity contribution in [2.24, 2.45) is 0 Å². The maximum atomic E-state index is 12.2. The topological polar surface area (TPSA) is 75.7 Å². The van der Waals surface area contributed by atoms with Crippen molar-refractivity contribution in [2.45, 2.75) is 26.2 Å². The second-order valence-corrected chi connectivity index (χ2v) is 10.5. The first-order chi connectivity index (χ1) is 13.5. The van der Waals surface area contributed by atoms with Gasteiger partial charge < -0.3 is 10.1 Å². The average Bonchev–Trinajstić information content (AvgIpc) is 2.62. The number of hydrogen-bond donors (Lipinski definition) is 1. The van der Waals surface area contributed by atoms with Crippen molar-refractivity contribution in [3.8, 4) is 5.75 Å². The highest BCUT2D eigenvalue weighted by atomic mass is 79.9. The van der Waals surface area contributed by atoms with Crippen molar-refractivity contribution < 1.29 is 17.9 Å². The van der Waals surface area contributed by atoms with E-state index >= 15 is 0 Å². The van der Waals surface area contributed by atoms with E-state index in [0.29, 0.717) is 5.69 Å². The number of ether oxygens (including phenoxy) is 1. The molecule has 0 fully saturated rings. The molecule has 0 bridgehead atoms. The third-order valence-electron chi connectivity index (χ3n) is 4.20. The third kappa shape index (κ3) is 7.36. The van der Waals surface area contributed by atoms with E-state index in [-0.39, 0.29) is 25.1 Å². The predicted octanol–water partition coefficient (Wildman–Crippen LogP) is 3.71. The number of benzene rings is 2. The summed E-state index contributed by atoms with van der Waals surface area (Å²) in [6.07, 6.45) is 1.07. The molecule has 0 unspecified atom stereocenters. The Labute approximate surface area is 181 Å². The van der Waals surface area contributed by atoms with Crippen LogP contribution in [0.4, 0.5) is 5.69 Å². The molecule has 2 aromatic rings. The molecule has 0 aliphatic carbocycles. The molecule has 0 saturated carbocycles. The van der Waals surface area contributed by atoms with Gasteiger partial charge in [0.05, 0.1) is 18.5 Å². The van der Waals surface area contributed by atoms with Crippen LogP contribution in [-0.4, -0.2) is 40.3 Å². The standard InChI is InChI=1S/C21H27BrN2O4S/c1-21(2,3)16-8-10-19(11-9-16)28-13-12-23-20(25)15-24(29(4,26)27)18-7-5-6-17(22)14-18/h5-11,14H,12-13,15H2,1-4H3,(H,23,25). The lowest BCUT2D eigenvalue weighted by Gasteiger charge is -2.22. The van der Waals surface area contributed by atoms with Crippen LogP contribution in [0.5, 0.6) is 5.75 Å². The largest absolute Gasteiger partial charge is 0.492 e. The van der Waals surface area contributed by atoms with Gasteiger partial charge in [-0.2, -0.15) is 0 Å². The van der Waals surface area contributed by atoms with Crippen molar-refractivity contribution in [1.82, 2.24) is 5.32 Å². The average molecular weight is 483 g/mol. The first-order valence-corrected chi connectivity index (χ1v) is 11.8. The van der Waals surface area contributed by atoms with Gasteiger partial charge in [0, 0.05) is 4.47 Å². The van der Waals surface area contributed by atoms with Gasteiger partial charge in [-0.3, -0.25) is 9.10 Å². The summed E-state index contributed by atoms with van der Waals surface area (Å²) in [5.41, 5.74) is 1.71. The minimum absolute atomic E-state index is 0.0757. The zero-order chi connectivity index (χ0) is 21.7. The smallest absolute Gasteiger partial charge is 0.240 e. The lowest BCUT2D eigenvalue weighted by Crippen LogP contribution is -2.41. The van der Waals surface area contributed by atoms with Gasteiger partial charge in [0.2, 0.25) is 15.9 Å². The molecular formula is C21H27BrN2O4S. The van der Waals surface area contributed by atoms with Crippen LogP contribution in [0.3, 0.4) is 0 Å². The monoisotopic (exact) mass is 482 g/mol. The van der Waals surface area contributed by atoms with Crippen molar-refractivity contribution in [1.29, 1.82) is 0 Å². The molecule has 0 aromatic heterocycles. The number of halogens is 1. The fourth-order valence-corrected chi connectivity index (χ4v) is 3.86. The molecule has 8 heteroatoms. The Morgan fingerprint density at radius 3 is 2.34 bits per heavy atom. The van der Waals surface area contributed by atoms with Gasteiger partial charge in [0.15, 0.2) is 0 Å². The Balaban J connectivity index is 1.86. The lowest BCUT2D eigenvalue weighted by molar-refractivity contribution is -0.119. The second kappa shape index (κ2) is 9.63. The maximum Gasteiger partial charge on any atom is 0.240 e. The molecule has 29 heavy (non-hydrogen) atoms. The lowest BCUT2D eigenvalue weighted by atomic mass is 9.87. The number of anilines is 1. The fraction of sp³-hybridized carbons (Fsp3) is 0.381. The number of nitrogens with one attached hydrogen (secondary N) is 1. The van der Waals surface area contributed by atoms with Gasteiger partial charge in [-0.1, -0.05) is 54.9 Å². The molecule has 0 aliphatic heterocycles. The van der Waals surface area contributed by atoms with Crippen LogP contribution in [0, 0.1) is 0 Å². The summed E-state index contributed by atoms with van der Waals surface area (Å²) >= 11 is 3.31. The third-order valence-corrected chi connectivity index (χ3v) is 5.83. The highest BCUT2D eigenvalue weighted by Crippen LogP contribution is 2.24. The highest BCUT2D eigenvalue weighted by molar-refractivity contribution is 9.10. The summed E-state index contributed by atoms with van der Waals surface area (Å²) in [7, 11) is -3.60. The normalized spacial score (nSPS) is 11.8. The predicted molar refractivity (Wildman–Crippen MR) is 120 cm³/mol. The summed E-state index contributed by atoms with van der Waals surface area (Å²) in [5.74, 6) is 0.321. The van der Waals surface area contributed by atoms with Crippen molar-refractivity contribution >= 4 is 37.5 Å². The van der Waals surface area contributed by atoms with Crippen LogP contribution in [0.2, 0.25) is 0 Å². The molecule has 0 saturated heterocycles. The Hall–Kier alpha value is -2.06. The molecule has 158 valence electrons. The van der Waals surface area contributed by atoms with Crippen molar-refractivity contribution in [3.05, 3.63) is 58.6 Å². The van der Waals surface area contributed by atoms with Gasteiger partial charge in [0.25, 0.3) is 0 Å². The van der Waals surface area contributed by atoms with Crippen LogP contribution in [0.1, 0.15) is 26.3 Å². The van der Waals surface area contributed by atoms with E-state index in [1.807, 2.05) is 24.3 Å². The summed E-state index contributed by atoms with van der Waals surface area (Å²) < 4.78 is 31.6. The van der Waals surface area contributed by atoms with E-state index in [4.69, 9.17) is 4.74 Å². The Morgan fingerprint density at radius 1 is 1.14 bits per heavy atom. The van der Waals surface area contributed by atoms with E-state index in [1.165, 1.54) is 5.56 Å². The molecule has 0 spiro atoms. The fourth-order valence-electron chi connectivity index (χ4n) is 2.63. The van der Waals surface area contributed by atoms with E-state index in [0.717, 1.165) is 20.8 Å². The van der Waals surface area contributed by atoms with Crippen molar-refractivity contribution in [2.75, 3.05) is 30.3 Å². The van der Waals surface area contributed by atoms with Gasteiger partial charge >= 0.3 is 0 Å². The number of carbonyl (C=O) groups excluding carboxylic acids is 1. The quantitative estimate of drug-likeness (QED) is 0.581. The van der Waals surface area contributed by atoms with E-state index in [9.17, 15) is 13.2 Å². The molecule has 1 N–H and O–H groups in total. The number of sulfonamides is 1. The zero-order valence-electron chi connectivity index (χ0n) is 17.1. The zero-order valence-corrected chi connectivity index (χ0v) is 19.5. The number of nitrogens with zero attached hydrogens (tertiary/aromatic N) is 1. The molecule has 6 nitrogen and oxygen atoms in total. The van der Waals surface area contributed by atoms with Gasteiger partial charge in [-0.25, -0.2) is 8.42 Å². The van der Waals surface area contributed by atoms with Gasteiger partial charge in [-0.15, -0.1) is 0 Å². The van der Waals surface area contributed by atoms with E-state index in [2.05, 4.69) is 42.0 Å². The van der Waals surface area contributed by atoms with E-state index in [1.54, 1.807) is 24.3 Å². The Bertz CT molecular complexity index is 938. The molecule has 0 aliphatic rings. The van der Waals surface area contributed by atoms with Crippen molar-refractivity contribution in [3.63, 3.8) is 0 Å². The highest BCUT2D eigenvalue weighted by Gasteiger charge is 2.21. The molecule has 2 rings (SSSR count). The second-order valence-electron chi connectivity index (χ2n) is 7.72. The molecule has 0 atom stereocenters. The Morgan fingerprint density at radius 2 is 1.79 bits per heavy atom. The summed E-state index contributed by atoms with van der Waals surface area (Å²) in [6.45, 7) is 6.70. The first kappa shape index (κ1) is 23.2. The SMILES string of the molecule is CC(C)(C)c1ccc(OCCNC(=O)CN(c2cccc(Br)c2)S(C)(=O)=O)cc1. The maximum absolute atomic E-state index is 12.2. The van der Waals surface area contributed by atoms with Crippen LogP contribution in [-0.2, 0) is 20.2 Å². The summed E-state index contributed by atoms with van der Waals surface area (Å²) in [6, 6.07) is 14.7. The Kier molecular flexibility index (Phi) is 7.71. The first-order valence-electron chi connectivity index (χ1n) is 9.20. The minimum Gasteiger partial charge on any atom is -0.492 e. The van der Waals surface area contributed by atoms with Gasteiger partial charge in [0.1, 0.15) is 18.9 Å². The number of rotatable bonds is 8.